The van der Waals surface area contributed by atoms with Gasteiger partial charge < -0.3 is 10.1 Å². The molecule has 4 nitrogen and oxygen atoms in total. The number of hydrazine groups is 1. The Balaban J connectivity index is 2.58. The zero-order valence-corrected chi connectivity index (χ0v) is 9.75. The van der Waals surface area contributed by atoms with Crippen molar-refractivity contribution in [1.29, 1.82) is 0 Å². The maximum Gasteiger partial charge on any atom is 0.139 e. The predicted octanol–water partition coefficient (Wildman–Crippen LogP) is 0.718. The minimum atomic E-state index is -0.454. The van der Waals surface area contributed by atoms with Crippen LogP contribution in [0.4, 0.5) is 0 Å². The van der Waals surface area contributed by atoms with Crippen LogP contribution in [0.2, 0.25) is 0 Å². The quantitative estimate of drug-likeness (QED) is 0.278. The van der Waals surface area contributed by atoms with E-state index in [1.807, 2.05) is 13.8 Å². The molecule has 15 heavy (non-hydrogen) atoms. The summed E-state index contributed by atoms with van der Waals surface area (Å²) in [5.41, 5.74) is 2.41. The molecule has 88 valence electrons. The first kappa shape index (κ1) is 12.6. The van der Waals surface area contributed by atoms with E-state index in [0.29, 0.717) is 6.04 Å². The standard InChI is InChI=1S/C11H23N3O/c1-11(2,8-15)13-9-6-4-3-5-7-10(9)14-12/h8-10,13-14H,3-7,12H2,1-2H3. The van der Waals surface area contributed by atoms with Crippen molar-refractivity contribution in [2.75, 3.05) is 0 Å². The average molecular weight is 213 g/mol. The molecule has 4 N–H and O–H groups in total. The van der Waals surface area contributed by atoms with E-state index in [0.717, 1.165) is 19.1 Å². The van der Waals surface area contributed by atoms with Gasteiger partial charge in [0.1, 0.15) is 6.29 Å². The minimum absolute atomic E-state index is 0.284. The van der Waals surface area contributed by atoms with E-state index in [-0.39, 0.29) is 6.04 Å². The summed E-state index contributed by atoms with van der Waals surface area (Å²) < 4.78 is 0. The Morgan fingerprint density at radius 3 is 2.33 bits per heavy atom. The smallest absolute Gasteiger partial charge is 0.139 e. The van der Waals surface area contributed by atoms with E-state index in [1.54, 1.807) is 0 Å². The summed E-state index contributed by atoms with van der Waals surface area (Å²) in [6, 6.07) is 0.587. The summed E-state index contributed by atoms with van der Waals surface area (Å²) >= 11 is 0. The zero-order valence-electron chi connectivity index (χ0n) is 9.75. The Labute approximate surface area is 92.0 Å². The van der Waals surface area contributed by atoms with Crippen molar-refractivity contribution < 1.29 is 4.79 Å². The summed E-state index contributed by atoms with van der Waals surface area (Å²) in [5, 5.41) is 3.38. The number of aldehydes is 1. The maximum atomic E-state index is 10.9. The largest absolute Gasteiger partial charge is 0.301 e. The van der Waals surface area contributed by atoms with Crippen LogP contribution < -0.4 is 16.6 Å². The van der Waals surface area contributed by atoms with Gasteiger partial charge in [0.25, 0.3) is 0 Å². The summed E-state index contributed by atoms with van der Waals surface area (Å²) in [7, 11) is 0. The molecular formula is C11H23N3O. The first-order valence-corrected chi connectivity index (χ1v) is 5.79. The highest BCUT2D eigenvalue weighted by atomic mass is 16.1. The van der Waals surface area contributed by atoms with Crippen LogP contribution in [0.3, 0.4) is 0 Å². The molecule has 0 radical (unpaired) electrons. The molecule has 1 aliphatic carbocycles. The zero-order chi connectivity index (χ0) is 11.3. The molecule has 1 aliphatic rings. The first-order valence-electron chi connectivity index (χ1n) is 5.79. The van der Waals surface area contributed by atoms with E-state index < -0.39 is 5.54 Å². The summed E-state index contributed by atoms with van der Waals surface area (Å²) in [4.78, 5) is 10.9. The Morgan fingerprint density at radius 1 is 1.20 bits per heavy atom. The second-order valence-electron chi connectivity index (χ2n) is 5.00. The highest BCUT2D eigenvalue weighted by molar-refractivity contribution is 5.62. The summed E-state index contributed by atoms with van der Waals surface area (Å²) in [5.74, 6) is 5.55. The monoisotopic (exact) mass is 213 g/mol. The van der Waals surface area contributed by atoms with Crippen molar-refractivity contribution in [3.8, 4) is 0 Å². The first-order chi connectivity index (χ1) is 7.09. The molecule has 0 aromatic heterocycles. The van der Waals surface area contributed by atoms with Crippen molar-refractivity contribution in [3.63, 3.8) is 0 Å². The number of rotatable bonds is 4. The lowest BCUT2D eigenvalue weighted by Gasteiger charge is -2.31. The fraction of sp³-hybridized carbons (Fsp3) is 0.909. The van der Waals surface area contributed by atoms with Gasteiger partial charge in [0, 0.05) is 12.1 Å². The van der Waals surface area contributed by atoms with Crippen LogP contribution in [-0.2, 0) is 4.79 Å². The van der Waals surface area contributed by atoms with E-state index in [4.69, 9.17) is 5.84 Å². The lowest BCUT2D eigenvalue weighted by atomic mass is 9.99. The van der Waals surface area contributed by atoms with Gasteiger partial charge in [0.05, 0.1) is 5.54 Å². The van der Waals surface area contributed by atoms with Crippen LogP contribution >= 0.6 is 0 Å². The van der Waals surface area contributed by atoms with Crippen LogP contribution in [0.15, 0.2) is 0 Å². The van der Waals surface area contributed by atoms with Gasteiger partial charge in [0.2, 0.25) is 0 Å². The molecule has 1 fully saturated rings. The third kappa shape index (κ3) is 3.89. The van der Waals surface area contributed by atoms with Crippen LogP contribution in [-0.4, -0.2) is 23.9 Å². The number of hydrogen-bond donors (Lipinski definition) is 3. The molecule has 2 unspecified atom stereocenters. The maximum absolute atomic E-state index is 10.9. The van der Waals surface area contributed by atoms with E-state index in [9.17, 15) is 4.79 Å². The van der Waals surface area contributed by atoms with Gasteiger partial charge >= 0.3 is 0 Å². The minimum Gasteiger partial charge on any atom is -0.301 e. The Hall–Kier alpha value is -0.450. The third-order valence-corrected chi connectivity index (χ3v) is 3.08. The van der Waals surface area contributed by atoms with E-state index >= 15 is 0 Å². The lowest BCUT2D eigenvalue weighted by Crippen LogP contribution is -2.56. The molecule has 0 amide bonds. The number of nitrogens with two attached hydrogens (primary N) is 1. The molecule has 0 spiro atoms. The molecule has 0 aromatic carbocycles. The van der Waals surface area contributed by atoms with Crippen LogP contribution in [0, 0.1) is 0 Å². The normalized spacial score (nSPS) is 28.5. The van der Waals surface area contributed by atoms with Crippen molar-refractivity contribution in [1.82, 2.24) is 10.7 Å². The van der Waals surface area contributed by atoms with Gasteiger partial charge in [-0.2, -0.15) is 0 Å². The summed E-state index contributed by atoms with van der Waals surface area (Å²) in [6.07, 6.45) is 6.83. The fourth-order valence-electron chi connectivity index (χ4n) is 2.19. The van der Waals surface area contributed by atoms with Gasteiger partial charge in [-0.1, -0.05) is 19.3 Å². The number of carbonyl (C=O) groups excluding carboxylic acids is 1. The third-order valence-electron chi connectivity index (χ3n) is 3.08. The van der Waals surface area contributed by atoms with Gasteiger partial charge in [-0.25, -0.2) is 0 Å². The SMILES string of the molecule is CC(C)(C=O)NC1CCCCCC1NN. The van der Waals surface area contributed by atoms with Gasteiger partial charge in [-0.05, 0) is 26.7 Å². The molecule has 0 saturated heterocycles. The Morgan fingerprint density at radius 2 is 1.80 bits per heavy atom. The molecule has 0 bridgehead atoms. The molecule has 0 heterocycles. The van der Waals surface area contributed by atoms with Crippen molar-refractivity contribution in [3.05, 3.63) is 0 Å². The molecule has 4 heteroatoms. The Bertz CT molecular complexity index is 206. The second-order valence-corrected chi connectivity index (χ2v) is 5.00. The predicted molar refractivity (Wildman–Crippen MR) is 61.3 cm³/mol. The van der Waals surface area contributed by atoms with Gasteiger partial charge in [0.15, 0.2) is 0 Å². The van der Waals surface area contributed by atoms with Crippen molar-refractivity contribution in [2.24, 2.45) is 5.84 Å². The van der Waals surface area contributed by atoms with Crippen LogP contribution in [0.5, 0.6) is 0 Å². The van der Waals surface area contributed by atoms with Crippen LogP contribution in [0.1, 0.15) is 46.0 Å². The number of carbonyl (C=O) groups is 1. The lowest BCUT2D eigenvalue weighted by molar-refractivity contribution is -0.112. The number of nitrogens with one attached hydrogen (secondary N) is 2. The average Bonchev–Trinajstić information content (AvgIpc) is 2.42. The van der Waals surface area contributed by atoms with E-state index in [2.05, 4.69) is 10.7 Å². The topological polar surface area (TPSA) is 67.2 Å². The van der Waals surface area contributed by atoms with Gasteiger partial charge in [-0.3, -0.25) is 11.3 Å². The Kier molecular flexibility index (Phi) is 4.70. The molecule has 0 aromatic rings. The van der Waals surface area contributed by atoms with Crippen LogP contribution in [0.25, 0.3) is 0 Å². The molecular weight excluding hydrogens is 190 g/mol. The molecule has 1 saturated carbocycles. The molecule has 0 aliphatic heterocycles. The van der Waals surface area contributed by atoms with Crippen molar-refractivity contribution >= 4 is 6.29 Å². The molecule has 2 atom stereocenters. The second kappa shape index (κ2) is 5.58. The number of hydrogen-bond acceptors (Lipinski definition) is 4. The van der Waals surface area contributed by atoms with Crippen molar-refractivity contribution in [2.45, 2.75) is 63.6 Å². The molecule has 1 rings (SSSR count). The fourth-order valence-corrected chi connectivity index (χ4v) is 2.19. The highest BCUT2D eigenvalue weighted by Crippen LogP contribution is 2.19. The summed E-state index contributed by atoms with van der Waals surface area (Å²) in [6.45, 7) is 3.80. The van der Waals surface area contributed by atoms with Gasteiger partial charge in [-0.15, -0.1) is 0 Å². The van der Waals surface area contributed by atoms with E-state index in [1.165, 1.54) is 19.3 Å². The highest BCUT2D eigenvalue weighted by Gasteiger charge is 2.28.